The molecule has 8 unspecified atom stereocenters. The molecule has 258 valence electrons. The van der Waals surface area contributed by atoms with Crippen molar-refractivity contribution in [3.63, 3.8) is 0 Å². The summed E-state index contributed by atoms with van der Waals surface area (Å²) in [6.45, 7) is 19.2. The number of esters is 1. The van der Waals surface area contributed by atoms with Gasteiger partial charge in [-0.05, 0) is 103 Å². The van der Waals surface area contributed by atoms with E-state index < -0.39 is 11.0 Å². The number of Topliss-reactive ketones (excluding diaryl/α,β-unsaturated/α-hetero) is 1. The summed E-state index contributed by atoms with van der Waals surface area (Å²) in [6.07, 6.45) is 10.4. The molecule has 8 heteroatoms. The summed E-state index contributed by atoms with van der Waals surface area (Å²) in [6, 6.07) is 0. The van der Waals surface area contributed by atoms with E-state index >= 15 is 0 Å². The van der Waals surface area contributed by atoms with Crippen LogP contribution in [0.5, 0.6) is 0 Å². The summed E-state index contributed by atoms with van der Waals surface area (Å²) in [7, 11) is 0. The van der Waals surface area contributed by atoms with Gasteiger partial charge >= 0.3 is 5.97 Å². The Balaban J connectivity index is 1.28. The van der Waals surface area contributed by atoms with Gasteiger partial charge in [0.15, 0.2) is 17.4 Å². The highest BCUT2D eigenvalue weighted by Gasteiger charge is 2.67. The van der Waals surface area contributed by atoms with E-state index in [0.717, 1.165) is 63.2 Å². The van der Waals surface area contributed by atoms with Crippen LogP contribution in [0, 0.1) is 58.2 Å². The number of amides is 1. The predicted octanol–water partition coefficient (Wildman–Crippen LogP) is 7.58. The zero-order valence-electron chi connectivity index (χ0n) is 30.1. The van der Waals surface area contributed by atoms with Crippen molar-refractivity contribution in [1.29, 1.82) is 0 Å². The molecule has 1 heterocycles. The third-order valence-electron chi connectivity index (χ3n) is 13.9. The molecule has 0 spiro atoms. The summed E-state index contributed by atoms with van der Waals surface area (Å²) in [4.78, 5) is 56.0. The van der Waals surface area contributed by atoms with E-state index in [2.05, 4.69) is 51.8 Å². The second-order valence-electron chi connectivity index (χ2n) is 18.0. The van der Waals surface area contributed by atoms with E-state index in [0.29, 0.717) is 30.1 Å². The van der Waals surface area contributed by atoms with Crippen molar-refractivity contribution in [2.75, 3.05) is 0 Å². The number of carbonyl (C=O) groups excluding carboxylic acids is 4. The molecule has 1 amide bonds. The van der Waals surface area contributed by atoms with Crippen molar-refractivity contribution in [2.24, 2.45) is 51.2 Å². The Kier molecular flexibility index (Phi) is 8.27. The number of aromatic nitrogens is 1. The number of allylic oxidation sites excluding steroid dienone is 1. The highest BCUT2D eigenvalue weighted by atomic mass is 16.5. The number of nitrogens with one attached hydrogen (secondary N) is 1. The lowest BCUT2D eigenvalue weighted by Gasteiger charge is -2.68. The Hall–Kier alpha value is -2.77. The van der Waals surface area contributed by atoms with Gasteiger partial charge in [0, 0.05) is 24.2 Å². The van der Waals surface area contributed by atoms with Crippen LogP contribution >= 0.6 is 0 Å². The Morgan fingerprint density at radius 3 is 2.38 bits per heavy atom. The number of carbonyl (C=O) groups is 4. The zero-order valence-corrected chi connectivity index (χ0v) is 30.1. The molecule has 0 aromatic carbocycles. The van der Waals surface area contributed by atoms with Crippen molar-refractivity contribution >= 4 is 23.9 Å². The van der Waals surface area contributed by atoms with E-state index in [-0.39, 0.29) is 64.0 Å². The molecule has 4 saturated carbocycles. The minimum absolute atomic E-state index is 0.0963. The lowest BCUT2D eigenvalue weighted by molar-refractivity contribution is -0.213. The molecule has 5 aliphatic rings. The van der Waals surface area contributed by atoms with Crippen LogP contribution in [0.2, 0.25) is 0 Å². The molecule has 4 fully saturated rings. The van der Waals surface area contributed by atoms with E-state index in [4.69, 9.17) is 9.15 Å². The maximum Gasteiger partial charge on any atom is 0.307 e. The molecule has 0 radical (unpaired) electrons. The maximum atomic E-state index is 13.8. The van der Waals surface area contributed by atoms with E-state index in [1.807, 2.05) is 0 Å². The number of ketones is 1. The van der Waals surface area contributed by atoms with Gasteiger partial charge in [0.1, 0.15) is 18.7 Å². The fourth-order valence-electron chi connectivity index (χ4n) is 12.0. The molecule has 6 rings (SSSR count). The van der Waals surface area contributed by atoms with Crippen molar-refractivity contribution in [3.05, 3.63) is 29.0 Å². The SMILES string of the molecule is Cc1nc(C(=O)NC23CCC4C(CCC5C4(C)CCC4C(C)(C)C(OC(=O)CC(C)(C)C=O)CCC45C)C2=C(C(C)C)C(=O)C3)co1. The molecule has 0 aliphatic heterocycles. The van der Waals surface area contributed by atoms with Gasteiger partial charge in [0.25, 0.3) is 5.91 Å². The first-order valence-electron chi connectivity index (χ1n) is 18.1. The Morgan fingerprint density at radius 2 is 1.74 bits per heavy atom. The minimum Gasteiger partial charge on any atom is -0.462 e. The quantitative estimate of drug-likeness (QED) is 0.239. The van der Waals surface area contributed by atoms with Crippen LogP contribution in [0.15, 0.2) is 21.8 Å². The monoisotopic (exact) mass is 648 g/mol. The second-order valence-corrected chi connectivity index (χ2v) is 18.0. The minimum atomic E-state index is -0.722. The van der Waals surface area contributed by atoms with Crippen molar-refractivity contribution < 1.29 is 28.3 Å². The zero-order chi connectivity index (χ0) is 34.3. The third kappa shape index (κ3) is 5.35. The Labute approximate surface area is 280 Å². The lowest BCUT2D eigenvalue weighted by Crippen LogP contribution is -2.64. The highest BCUT2D eigenvalue weighted by molar-refractivity contribution is 6.03. The van der Waals surface area contributed by atoms with Crippen LogP contribution in [-0.2, 0) is 19.1 Å². The van der Waals surface area contributed by atoms with Gasteiger partial charge in [-0.15, -0.1) is 0 Å². The Bertz CT molecular complexity index is 1500. The standard InChI is InChI=1S/C39H56N2O6/c1-22(2)32-27(43)18-39(41-34(45)26-20-46-23(3)40-26)17-12-25-24(33(32)39)10-11-29-37(25,8)15-13-28-36(6,7)30(14-16-38(28,29)9)47-31(44)19-35(4,5)21-42/h20-22,24-25,28-30H,10-19H2,1-9H3,(H,41,45). The number of oxazole rings is 1. The number of rotatable bonds is 7. The molecule has 0 saturated heterocycles. The molecule has 1 aromatic rings. The number of aryl methyl sites for hydroxylation is 1. The van der Waals surface area contributed by atoms with Crippen LogP contribution in [0.3, 0.4) is 0 Å². The van der Waals surface area contributed by atoms with Gasteiger partial charge < -0.3 is 19.3 Å². The highest BCUT2D eigenvalue weighted by Crippen LogP contribution is 2.72. The van der Waals surface area contributed by atoms with Crippen LogP contribution in [0.4, 0.5) is 0 Å². The number of nitrogens with zero attached hydrogens (tertiary/aromatic N) is 1. The van der Waals surface area contributed by atoms with Crippen LogP contribution in [-0.4, -0.2) is 40.6 Å². The number of aldehydes is 1. The van der Waals surface area contributed by atoms with Gasteiger partial charge in [-0.1, -0.05) is 55.4 Å². The van der Waals surface area contributed by atoms with E-state index in [1.54, 1.807) is 20.8 Å². The number of ether oxygens (including phenoxy) is 1. The van der Waals surface area contributed by atoms with Crippen LogP contribution < -0.4 is 5.32 Å². The number of hydrogen-bond acceptors (Lipinski definition) is 7. The average Bonchev–Trinajstić information content (AvgIpc) is 3.54. The van der Waals surface area contributed by atoms with Crippen molar-refractivity contribution in [1.82, 2.24) is 10.3 Å². The lowest BCUT2D eigenvalue weighted by atomic mass is 9.37. The normalized spacial score (nSPS) is 37.8. The molecule has 8 nitrogen and oxygen atoms in total. The maximum absolute atomic E-state index is 13.8. The molecular formula is C39H56N2O6. The first kappa shape index (κ1) is 34.1. The molecule has 1 N–H and O–H groups in total. The smallest absolute Gasteiger partial charge is 0.307 e. The molecule has 47 heavy (non-hydrogen) atoms. The van der Waals surface area contributed by atoms with Gasteiger partial charge in [0.2, 0.25) is 0 Å². The molecule has 5 aliphatic carbocycles. The second kappa shape index (κ2) is 11.4. The largest absolute Gasteiger partial charge is 0.462 e. The molecule has 1 aromatic heterocycles. The van der Waals surface area contributed by atoms with Gasteiger partial charge in [-0.3, -0.25) is 14.4 Å². The summed E-state index contributed by atoms with van der Waals surface area (Å²) in [5.74, 6) is 1.84. The van der Waals surface area contributed by atoms with Crippen molar-refractivity contribution in [3.8, 4) is 0 Å². The van der Waals surface area contributed by atoms with E-state index in [9.17, 15) is 19.2 Å². The van der Waals surface area contributed by atoms with Crippen LogP contribution in [0.1, 0.15) is 136 Å². The van der Waals surface area contributed by atoms with Gasteiger partial charge in [-0.2, -0.15) is 0 Å². The van der Waals surface area contributed by atoms with Gasteiger partial charge in [0.05, 0.1) is 12.0 Å². The van der Waals surface area contributed by atoms with Crippen LogP contribution in [0.25, 0.3) is 0 Å². The average molecular weight is 649 g/mol. The summed E-state index contributed by atoms with van der Waals surface area (Å²) in [5.41, 5.74) is 1.09. The summed E-state index contributed by atoms with van der Waals surface area (Å²) >= 11 is 0. The number of hydrogen-bond donors (Lipinski definition) is 1. The molecular weight excluding hydrogens is 592 g/mol. The fourth-order valence-corrected chi connectivity index (χ4v) is 12.0. The topological polar surface area (TPSA) is 116 Å². The van der Waals surface area contributed by atoms with Crippen molar-refractivity contribution in [2.45, 2.75) is 138 Å². The molecule has 0 bridgehead atoms. The van der Waals surface area contributed by atoms with Gasteiger partial charge in [-0.25, -0.2) is 4.98 Å². The third-order valence-corrected chi connectivity index (χ3v) is 13.9. The Morgan fingerprint density at radius 1 is 1.04 bits per heavy atom. The summed E-state index contributed by atoms with van der Waals surface area (Å²) < 4.78 is 11.5. The fraction of sp³-hybridized carbons (Fsp3) is 0.769. The molecule has 8 atom stereocenters. The predicted molar refractivity (Wildman–Crippen MR) is 178 cm³/mol. The number of fused-ring (bicyclic) bond motifs is 7. The van der Waals surface area contributed by atoms with E-state index in [1.165, 1.54) is 11.8 Å². The first-order valence-corrected chi connectivity index (χ1v) is 18.1. The first-order chi connectivity index (χ1) is 21.9. The summed E-state index contributed by atoms with van der Waals surface area (Å²) in [5, 5.41) is 3.36.